The first kappa shape index (κ1) is 16.5. The van der Waals surface area contributed by atoms with Gasteiger partial charge in [0.05, 0.1) is 6.54 Å². The molecule has 0 radical (unpaired) electrons. The van der Waals surface area contributed by atoms with E-state index in [1.54, 1.807) is 0 Å². The lowest BCUT2D eigenvalue weighted by molar-refractivity contribution is -0.138. The average Bonchev–Trinajstić information content (AvgIpc) is 2.46. The highest BCUT2D eigenvalue weighted by molar-refractivity contribution is 9.10. The Morgan fingerprint density at radius 1 is 1.43 bits per heavy atom. The third-order valence-electron chi connectivity index (χ3n) is 4.41. The number of aliphatic carboxylic acids is 1. The molecule has 0 saturated carbocycles. The lowest BCUT2D eigenvalue weighted by Crippen LogP contribution is -2.45. The molecule has 1 aliphatic rings. The summed E-state index contributed by atoms with van der Waals surface area (Å²) in [7, 11) is 1.91. The maximum atomic E-state index is 10.8. The Balaban J connectivity index is 1.92. The molecule has 1 aromatic rings. The molecule has 21 heavy (non-hydrogen) atoms. The van der Waals surface area contributed by atoms with E-state index in [9.17, 15) is 4.79 Å². The number of hydrogen-bond acceptors (Lipinski definition) is 3. The smallest absolute Gasteiger partial charge is 0.317 e. The van der Waals surface area contributed by atoms with Crippen molar-refractivity contribution in [2.75, 3.05) is 26.7 Å². The fourth-order valence-electron chi connectivity index (χ4n) is 3.07. The summed E-state index contributed by atoms with van der Waals surface area (Å²) in [6, 6.07) is 9.11. The molecule has 0 aliphatic carbocycles. The SMILES string of the molecule is CC(c1ccccc1Br)N1CCC(N(C)CC(=O)O)CC1. The molecule has 1 saturated heterocycles. The van der Waals surface area contributed by atoms with E-state index in [1.807, 2.05) is 18.0 Å². The van der Waals surface area contributed by atoms with Crippen LogP contribution in [0, 0.1) is 0 Å². The molecule has 4 nitrogen and oxygen atoms in total. The fraction of sp³-hybridized carbons (Fsp3) is 0.562. The summed E-state index contributed by atoms with van der Waals surface area (Å²) in [5, 5.41) is 8.88. The Morgan fingerprint density at radius 2 is 2.05 bits per heavy atom. The van der Waals surface area contributed by atoms with Gasteiger partial charge in [0.25, 0.3) is 0 Å². The number of benzene rings is 1. The van der Waals surface area contributed by atoms with Crippen LogP contribution >= 0.6 is 15.9 Å². The van der Waals surface area contributed by atoms with Crippen molar-refractivity contribution in [1.29, 1.82) is 0 Å². The van der Waals surface area contributed by atoms with Gasteiger partial charge < -0.3 is 5.11 Å². The van der Waals surface area contributed by atoms with Crippen LogP contribution in [-0.4, -0.2) is 53.6 Å². The summed E-state index contributed by atoms with van der Waals surface area (Å²) < 4.78 is 1.16. The zero-order chi connectivity index (χ0) is 15.4. The number of carboxylic acids is 1. The average molecular weight is 355 g/mol. The van der Waals surface area contributed by atoms with Gasteiger partial charge in [0.15, 0.2) is 0 Å². The van der Waals surface area contributed by atoms with Gasteiger partial charge in [-0.2, -0.15) is 0 Å². The summed E-state index contributed by atoms with van der Waals surface area (Å²) in [6.07, 6.45) is 2.05. The number of nitrogens with zero attached hydrogens (tertiary/aromatic N) is 2. The second-order valence-electron chi connectivity index (χ2n) is 5.77. The van der Waals surface area contributed by atoms with Crippen molar-refractivity contribution < 1.29 is 9.90 Å². The summed E-state index contributed by atoms with van der Waals surface area (Å²) in [6.45, 7) is 4.39. The number of likely N-dealkylation sites (tertiary alicyclic amines) is 1. The van der Waals surface area contributed by atoms with Crippen molar-refractivity contribution in [2.24, 2.45) is 0 Å². The normalized spacial score (nSPS) is 18.9. The predicted octanol–water partition coefficient (Wildman–Crippen LogP) is 2.99. The standard InChI is InChI=1S/C16H23BrN2O2/c1-12(14-5-3-4-6-15(14)17)19-9-7-13(8-10-19)18(2)11-16(20)21/h3-6,12-13H,7-11H2,1-2H3,(H,20,21). The van der Waals surface area contributed by atoms with Gasteiger partial charge in [0, 0.05) is 29.6 Å². The van der Waals surface area contributed by atoms with Crippen LogP contribution in [0.5, 0.6) is 0 Å². The summed E-state index contributed by atoms with van der Waals surface area (Å²) in [5.41, 5.74) is 1.31. The zero-order valence-corrected chi connectivity index (χ0v) is 14.2. The summed E-state index contributed by atoms with van der Waals surface area (Å²) in [4.78, 5) is 15.2. The zero-order valence-electron chi connectivity index (χ0n) is 12.6. The molecule has 5 heteroatoms. The Labute approximate surface area is 134 Å². The predicted molar refractivity (Wildman–Crippen MR) is 87.4 cm³/mol. The molecule has 1 aliphatic heterocycles. The van der Waals surface area contributed by atoms with Crippen LogP contribution in [0.1, 0.15) is 31.4 Å². The molecule has 1 aromatic carbocycles. The number of carbonyl (C=O) groups is 1. The molecule has 0 aromatic heterocycles. The van der Waals surface area contributed by atoms with E-state index in [4.69, 9.17) is 5.11 Å². The highest BCUT2D eigenvalue weighted by Gasteiger charge is 2.27. The van der Waals surface area contributed by atoms with E-state index in [2.05, 4.69) is 46.0 Å². The maximum Gasteiger partial charge on any atom is 0.317 e. The number of likely N-dealkylation sites (N-methyl/N-ethyl adjacent to an activating group) is 1. The number of piperidine rings is 1. The molecule has 1 heterocycles. The van der Waals surface area contributed by atoms with Gasteiger partial charge >= 0.3 is 5.97 Å². The second-order valence-corrected chi connectivity index (χ2v) is 6.63. The Kier molecular flexibility index (Phi) is 5.79. The van der Waals surface area contributed by atoms with Crippen molar-refractivity contribution in [3.63, 3.8) is 0 Å². The van der Waals surface area contributed by atoms with Gasteiger partial charge in [-0.3, -0.25) is 14.6 Å². The highest BCUT2D eigenvalue weighted by atomic mass is 79.9. The van der Waals surface area contributed by atoms with E-state index < -0.39 is 5.97 Å². The van der Waals surface area contributed by atoms with Crippen molar-refractivity contribution in [1.82, 2.24) is 9.80 Å². The second kappa shape index (κ2) is 7.38. The summed E-state index contributed by atoms with van der Waals surface area (Å²) in [5.74, 6) is -0.749. The van der Waals surface area contributed by atoms with Crippen LogP contribution < -0.4 is 0 Å². The minimum atomic E-state index is -0.749. The Hall–Kier alpha value is -0.910. The van der Waals surface area contributed by atoms with E-state index in [-0.39, 0.29) is 6.54 Å². The number of carboxylic acid groups (broad SMARTS) is 1. The number of hydrogen-bond donors (Lipinski definition) is 1. The third-order valence-corrected chi connectivity index (χ3v) is 5.13. The quantitative estimate of drug-likeness (QED) is 0.882. The Morgan fingerprint density at radius 3 is 2.62 bits per heavy atom. The molecule has 0 amide bonds. The molecule has 1 atom stereocenters. The van der Waals surface area contributed by atoms with E-state index in [0.717, 1.165) is 30.4 Å². The first-order chi connectivity index (χ1) is 9.99. The van der Waals surface area contributed by atoms with E-state index in [0.29, 0.717) is 12.1 Å². The van der Waals surface area contributed by atoms with Crippen molar-refractivity contribution >= 4 is 21.9 Å². The largest absolute Gasteiger partial charge is 0.480 e. The van der Waals surface area contributed by atoms with Gasteiger partial charge in [-0.1, -0.05) is 34.1 Å². The van der Waals surface area contributed by atoms with Crippen LogP contribution in [0.2, 0.25) is 0 Å². The third kappa shape index (κ3) is 4.28. The first-order valence-corrected chi connectivity index (χ1v) is 8.19. The molecule has 116 valence electrons. The van der Waals surface area contributed by atoms with Crippen LogP contribution in [0.25, 0.3) is 0 Å². The van der Waals surface area contributed by atoms with E-state index in [1.165, 1.54) is 5.56 Å². The van der Waals surface area contributed by atoms with Gasteiger partial charge in [-0.25, -0.2) is 0 Å². The molecular formula is C16H23BrN2O2. The first-order valence-electron chi connectivity index (χ1n) is 7.39. The monoisotopic (exact) mass is 354 g/mol. The van der Waals surface area contributed by atoms with Crippen molar-refractivity contribution in [2.45, 2.75) is 31.8 Å². The molecule has 1 unspecified atom stereocenters. The van der Waals surface area contributed by atoms with Gasteiger partial charge in [-0.15, -0.1) is 0 Å². The lowest BCUT2D eigenvalue weighted by Gasteiger charge is -2.39. The summed E-state index contributed by atoms with van der Waals surface area (Å²) >= 11 is 3.63. The van der Waals surface area contributed by atoms with Crippen molar-refractivity contribution in [3.8, 4) is 0 Å². The van der Waals surface area contributed by atoms with Crippen LogP contribution in [0.4, 0.5) is 0 Å². The van der Waals surface area contributed by atoms with Gasteiger partial charge in [0.2, 0.25) is 0 Å². The van der Waals surface area contributed by atoms with E-state index >= 15 is 0 Å². The van der Waals surface area contributed by atoms with Gasteiger partial charge in [-0.05, 0) is 38.4 Å². The molecule has 1 fully saturated rings. The molecular weight excluding hydrogens is 332 g/mol. The van der Waals surface area contributed by atoms with Crippen molar-refractivity contribution in [3.05, 3.63) is 34.3 Å². The van der Waals surface area contributed by atoms with Gasteiger partial charge in [0.1, 0.15) is 0 Å². The minimum absolute atomic E-state index is 0.129. The molecule has 0 bridgehead atoms. The topological polar surface area (TPSA) is 43.8 Å². The lowest BCUT2D eigenvalue weighted by atomic mass is 9.99. The molecule has 0 spiro atoms. The number of halogens is 1. The maximum absolute atomic E-state index is 10.8. The molecule has 1 N–H and O–H groups in total. The van der Waals surface area contributed by atoms with Crippen LogP contribution in [0.15, 0.2) is 28.7 Å². The number of rotatable bonds is 5. The fourth-order valence-corrected chi connectivity index (χ4v) is 3.68. The molecule has 2 rings (SSSR count). The van der Waals surface area contributed by atoms with Crippen LogP contribution in [-0.2, 0) is 4.79 Å². The minimum Gasteiger partial charge on any atom is -0.480 e. The Bertz CT molecular complexity index is 487. The highest BCUT2D eigenvalue weighted by Crippen LogP contribution is 2.30. The van der Waals surface area contributed by atoms with Crippen LogP contribution in [0.3, 0.4) is 0 Å².